The Morgan fingerprint density at radius 1 is 1.08 bits per heavy atom. The Morgan fingerprint density at radius 2 is 1.79 bits per heavy atom. The maximum absolute atomic E-state index is 11.4. The quantitative estimate of drug-likeness (QED) is 0.462. The number of rotatable bonds is 10. The molecule has 0 heterocycles. The third kappa shape index (κ3) is 10.1. The van der Waals surface area contributed by atoms with Gasteiger partial charge in [0.25, 0.3) is 0 Å². The van der Waals surface area contributed by atoms with Gasteiger partial charge in [0.05, 0.1) is 7.11 Å². The fourth-order valence-electron chi connectivity index (χ4n) is 2.10. The summed E-state index contributed by atoms with van der Waals surface area (Å²) < 4.78 is 15.6. The molecule has 0 aliphatic rings. The molecule has 4 nitrogen and oxygen atoms in total. The lowest BCUT2D eigenvalue weighted by molar-refractivity contribution is -0.160. The van der Waals surface area contributed by atoms with Crippen molar-refractivity contribution in [2.75, 3.05) is 20.3 Å². The molecule has 1 rings (SSSR count). The number of methoxy groups -OCH3 is 1. The Bertz CT molecular complexity index is 497. The minimum Gasteiger partial charge on any atom is -0.497 e. The SMILES string of the molecule is COc1ccc(C=CCCCCCOCC(=O)OC(C)(C)C)cc1. The first-order valence-electron chi connectivity index (χ1n) is 8.51. The number of carbonyl (C=O) groups is 1. The third-order valence-corrected chi connectivity index (χ3v) is 3.23. The van der Waals surface area contributed by atoms with Gasteiger partial charge in [-0.15, -0.1) is 0 Å². The van der Waals surface area contributed by atoms with Gasteiger partial charge in [-0.3, -0.25) is 0 Å². The fourth-order valence-corrected chi connectivity index (χ4v) is 2.10. The van der Waals surface area contributed by atoms with Gasteiger partial charge in [0, 0.05) is 6.61 Å². The van der Waals surface area contributed by atoms with Gasteiger partial charge in [-0.2, -0.15) is 0 Å². The molecule has 0 aromatic heterocycles. The molecule has 1 aromatic carbocycles. The monoisotopic (exact) mass is 334 g/mol. The number of ether oxygens (including phenoxy) is 3. The van der Waals surface area contributed by atoms with Gasteiger partial charge in [0.1, 0.15) is 18.0 Å². The fraction of sp³-hybridized carbons (Fsp3) is 0.550. The summed E-state index contributed by atoms with van der Waals surface area (Å²) in [7, 11) is 1.67. The number of benzene rings is 1. The summed E-state index contributed by atoms with van der Waals surface area (Å²) in [5.41, 5.74) is 0.730. The Kier molecular flexibility index (Phi) is 9.16. The predicted octanol–water partition coefficient (Wildman–Crippen LogP) is 4.63. The van der Waals surface area contributed by atoms with Crippen LogP contribution in [-0.4, -0.2) is 31.9 Å². The van der Waals surface area contributed by atoms with E-state index >= 15 is 0 Å². The lowest BCUT2D eigenvalue weighted by atomic mass is 10.1. The molecule has 0 fully saturated rings. The molecule has 1 aromatic rings. The second-order valence-electron chi connectivity index (χ2n) is 6.66. The summed E-state index contributed by atoms with van der Waals surface area (Å²) in [5, 5.41) is 0. The average molecular weight is 334 g/mol. The third-order valence-electron chi connectivity index (χ3n) is 3.23. The van der Waals surface area contributed by atoms with Crippen LogP contribution in [-0.2, 0) is 14.3 Å². The average Bonchev–Trinajstić information content (AvgIpc) is 2.52. The van der Waals surface area contributed by atoms with Crippen LogP contribution in [0.4, 0.5) is 0 Å². The van der Waals surface area contributed by atoms with Gasteiger partial charge in [-0.1, -0.05) is 30.7 Å². The molecule has 24 heavy (non-hydrogen) atoms. The largest absolute Gasteiger partial charge is 0.497 e. The Morgan fingerprint density at radius 3 is 2.42 bits per heavy atom. The minimum absolute atomic E-state index is 0.0364. The van der Waals surface area contributed by atoms with Crippen LogP contribution in [0.15, 0.2) is 30.3 Å². The molecule has 0 bridgehead atoms. The summed E-state index contributed by atoms with van der Waals surface area (Å²) >= 11 is 0. The summed E-state index contributed by atoms with van der Waals surface area (Å²) in [4.78, 5) is 11.4. The van der Waals surface area contributed by atoms with E-state index in [9.17, 15) is 4.79 Å². The predicted molar refractivity (Wildman–Crippen MR) is 97.2 cm³/mol. The number of allylic oxidation sites excluding steroid dienone is 1. The Hall–Kier alpha value is -1.81. The lowest BCUT2D eigenvalue weighted by Crippen LogP contribution is -2.26. The van der Waals surface area contributed by atoms with E-state index < -0.39 is 5.60 Å². The van der Waals surface area contributed by atoms with Gasteiger partial charge in [0.15, 0.2) is 0 Å². The van der Waals surface area contributed by atoms with Gasteiger partial charge in [-0.25, -0.2) is 4.79 Å². The van der Waals surface area contributed by atoms with Crippen LogP contribution < -0.4 is 4.74 Å². The van der Waals surface area contributed by atoms with E-state index in [2.05, 4.69) is 12.2 Å². The van der Waals surface area contributed by atoms with Crippen LogP contribution in [0.5, 0.6) is 5.75 Å². The van der Waals surface area contributed by atoms with Crippen molar-refractivity contribution in [2.24, 2.45) is 0 Å². The minimum atomic E-state index is -0.448. The molecule has 0 atom stereocenters. The van der Waals surface area contributed by atoms with Crippen molar-refractivity contribution in [1.82, 2.24) is 0 Å². The van der Waals surface area contributed by atoms with Crippen LogP contribution in [0.2, 0.25) is 0 Å². The van der Waals surface area contributed by atoms with Gasteiger partial charge in [-0.05, 0) is 57.7 Å². The summed E-state index contributed by atoms with van der Waals surface area (Å²) in [6.45, 7) is 6.19. The van der Waals surface area contributed by atoms with Crippen molar-refractivity contribution in [1.29, 1.82) is 0 Å². The molecule has 0 radical (unpaired) electrons. The van der Waals surface area contributed by atoms with Crippen molar-refractivity contribution in [3.63, 3.8) is 0 Å². The molecule has 4 heteroatoms. The highest BCUT2D eigenvalue weighted by molar-refractivity contribution is 5.71. The zero-order valence-electron chi connectivity index (χ0n) is 15.3. The second kappa shape index (κ2) is 10.9. The van der Waals surface area contributed by atoms with Gasteiger partial charge < -0.3 is 14.2 Å². The van der Waals surface area contributed by atoms with Crippen LogP contribution in [0, 0.1) is 0 Å². The number of hydrogen-bond acceptors (Lipinski definition) is 4. The highest BCUT2D eigenvalue weighted by atomic mass is 16.6. The first-order chi connectivity index (χ1) is 11.4. The topological polar surface area (TPSA) is 44.8 Å². The molecular formula is C20H30O4. The van der Waals surface area contributed by atoms with E-state index in [-0.39, 0.29) is 12.6 Å². The van der Waals surface area contributed by atoms with Crippen LogP contribution >= 0.6 is 0 Å². The van der Waals surface area contributed by atoms with E-state index in [1.54, 1.807) is 7.11 Å². The van der Waals surface area contributed by atoms with Crippen LogP contribution in [0.25, 0.3) is 6.08 Å². The summed E-state index contributed by atoms with van der Waals surface area (Å²) in [6.07, 6.45) is 8.50. The number of esters is 1. The van der Waals surface area contributed by atoms with Gasteiger partial charge in [0.2, 0.25) is 0 Å². The highest BCUT2D eigenvalue weighted by Gasteiger charge is 2.15. The molecule has 0 amide bonds. The van der Waals surface area contributed by atoms with E-state index in [4.69, 9.17) is 14.2 Å². The van der Waals surface area contributed by atoms with Crippen LogP contribution in [0.3, 0.4) is 0 Å². The number of carbonyl (C=O) groups excluding carboxylic acids is 1. The number of hydrogen-bond donors (Lipinski definition) is 0. The molecule has 0 aliphatic heterocycles. The standard InChI is InChI=1S/C20H30O4/c1-20(2,3)24-19(21)16-23-15-9-7-5-6-8-10-17-11-13-18(22-4)14-12-17/h8,10-14H,5-7,9,15-16H2,1-4H3. The molecule has 0 spiro atoms. The first kappa shape index (κ1) is 20.2. The molecule has 134 valence electrons. The number of unbranched alkanes of at least 4 members (excludes halogenated alkanes) is 3. The van der Waals surface area contributed by atoms with Gasteiger partial charge >= 0.3 is 5.97 Å². The molecule has 0 saturated carbocycles. The molecular weight excluding hydrogens is 304 g/mol. The zero-order valence-corrected chi connectivity index (χ0v) is 15.3. The second-order valence-corrected chi connectivity index (χ2v) is 6.66. The maximum Gasteiger partial charge on any atom is 0.332 e. The summed E-state index contributed by atoms with van der Waals surface area (Å²) in [6, 6.07) is 8.00. The van der Waals surface area contributed by atoms with E-state index in [0.717, 1.165) is 31.4 Å². The maximum atomic E-state index is 11.4. The smallest absolute Gasteiger partial charge is 0.332 e. The van der Waals surface area contributed by atoms with E-state index in [0.29, 0.717) is 6.61 Å². The van der Waals surface area contributed by atoms with E-state index in [1.807, 2.05) is 45.0 Å². The molecule has 0 unspecified atom stereocenters. The lowest BCUT2D eigenvalue weighted by Gasteiger charge is -2.19. The molecule has 0 aliphatic carbocycles. The molecule has 0 N–H and O–H groups in total. The Labute approximate surface area is 145 Å². The van der Waals surface area contributed by atoms with Crippen molar-refractivity contribution in [2.45, 2.75) is 52.1 Å². The van der Waals surface area contributed by atoms with Crippen molar-refractivity contribution in [3.05, 3.63) is 35.9 Å². The zero-order chi connectivity index (χ0) is 17.8. The Balaban J connectivity index is 2.02. The normalized spacial score (nSPS) is 11.7. The molecule has 0 saturated heterocycles. The first-order valence-corrected chi connectivity index (χ1v) is 8.51. The summed E-state index contributed by atoms with van der Waals surface area (Å²) in [5.74, 6) is 0.573. The highest BCUT2D eigenvalue weighted by Crippen LogP contribution is 2.13. The van der Waals surface area contributed by atoms with E-state index in [1.165, 1.54) is 5.56 Å². The van der Waals surface area contributed by atoms with Crippen molar-refractivity contribution < 1.29 is 19.0 Å². The van der Waals surface area contributed by atoms with Crippen molar-refractivity contribution in [3.8, 4) is 5.75 Å². The van der Waals surface area contributed by atoms with Crippen LogP contribution in [0.1, 0.15) is 52.0 Å². The van der Waals surface area contributed by atoms with Crippen molar-refractivity contribution >= 4 is 12.0 Å².